The van der Waals surface area contributed by atoms with Gasteiger partial charge in [0.1, 0.15) is 89.5 Å². The molecule has 0 spiro atoms. The van der Waals surface area contributed by atoms with Crippen LogP contribution in [0.4, 0.5) is 4.79 Å². The van der Waals surface area contributed by atoms with E-state index in [1.165, 1.54) is 32.4 Å². The maximum atomic E-state index is 16.5. The van der Waals surface area contributed by atoms with Crippen molar-refractivity contribution in [2.45, 2.75) is 239 Å². The molecule has 139 heavy (non-hydrogen) atoms. The molecular weight excluding hydrogens is 1940 g/mol. The summed E-state index contributed by atoms with van der Waals surface area (Å²) in [7, 11) is -15.5. The quantitative estimate of drug-likeness (QED) is 0.0115. The number of nitrogens with one attached hydrogen (secondary N) is 11. The zero-order chi connectivity index (χ0) is 102. The Morgan fingerprint density at radius 1 is 0.662 bits per heavy atom. The molecule has 8 amide bonds. The molecule has 5 aromatic rings. The van der Waals surface area contributed by atoms with Crippen LogP contribution in [-0.2, 0) is 82.3 Å². The lowest BCUT2D eigenvalue weighted by atomic mass is 9.85. The summed E-state index contributed by atoms with van der Waals surface area (Å²) in [5, 5.41) is 143. The lowest BCUT2D eigenvalue weighted by Gasteiger charge is -2.48. The maximum absolute atomic E-state index is 16.5. The van der Waals surface area contributed by atoms with Gasteiger partial charge in [0.2, 0.25) is 60.2 Å². The Kier molecular flexibility index (Phi) is 38.8. The van der Waals surface area contributed by atoms with Gasteiger partial charge in [-0.3, -0.25) is 47.3 Å². The molecule has 18 atom stereocenters. The zero-order valence-electron chi connectivity index (χ0n) is 76.2. The number of aromatic hydroxyl groups is 3. The van der Waals surface area contributed by atoms with E-state index in [4.69, 9.17) is 66.8 Å². The first kappa shape index (κ1) is 111. The summed E-state index contributed by atoms with van der Waals surface area (Å²) >= 11 is 14.4. The average Bonchev–Trinajstić information content (AvgIpc) is 0.751. The van der Waals surface area contributed by atoms with E-state index in [2.05, 4.69) is 60.1 Å². The molecule has 0 radical (unpaired) electrons. The number of phenolic OH excluding ortho intramolecular Hbond substituents is 3. The number of fused-ring (bicyclic) bond motifs is 15. The van der Waals surface area contributed by atoms with Gasteiger partial charge >= 0.3 is 34.8 Å². The Labute approximate surface area is 806 Å². The monoisotopic (exact) mass is 2060 g/mol. The summed E-state index contributed by atoms with van der Waals surface area (Å²) in [6.45, 7) is 6.32. The van der Waals surface area contributed by atoms with E-state index in [-0.39, 0.29) is 24.3 Å². The molecule has 7 aliphatic rings. The third-order valence-electron chi connectivity index (χ3n) is 23.9. The van der Waals surface area contributed by atoms with Crippen molar-refractivity contribution < 1.29 is 175 Å². The molecule has 0 aliphatic carbocycles. The summed E-state index contributed by atoms with van der Waals surface area (Å²) < 4.78 is 85.9. The van der Waals surface area contributed by atoms with Crippen molar-refractivity contribution >= 4 is 99.4 Å². The van der Waals surface area contributed by atoms with Crippen LogP contribution in [-0.4, -0.2) is 271 Å². The topological polar surface area (TPSA) is 761 Å². The van der Waals surface area contributed by atoms with E-state index in [9.17, 15) is 113 Å². The second-order valence-corrected chi connectivity index (χ2v) is 41.3. The van der Waals surface area contributed by atoms with Gasteiger partial charge in [-0.2, -0.15) is 0 Å². The van der Waals surface area contributed by atoms with Crippen LogP contribution in [0.3, 0.4) is 0 Å². The van der Waals surface area contributed by atoms with Gasteiger partial charge in [0.25, 0.3) is 5.08 Å². The van der Waals surface area contributed by atoms with Crippen molar-refractivity contribution in [1.82, 2.24) is 58.5 Å². The van der Waals surface area contributed by atoms with Crippen LogP contribution in [0.1, 0.15) is 182 Å². The molecule has 11 bridgehead atoms. The third kappa shape index (κ3) is 28.1. The van der Waals surface area contributed by atoms with E-state index in [1.54, 1.807) is 27.7 Å². The lowest BCUT2D eigenvalue weighted by Crippen LogP contribution is -2.65. The molecule has 2 fully saturated rings. The second kappa shape index (κ2) is 48.4. The van der Waals surface area contributed by atoms with Crippen LogP contribution in [0.15, 0.2) is 72.8 Å². The minimum Gasteiger partial charge on any atom is -0.507 e. The number of amides is 8. The minimum atomic E-state index is -5.97. The van der Waals surface area contributed by atoms with E-state index in [0.717, 1.165) is 99.3 Å². The van der Waals surface area contributed by atoms with Crippen LogP contribution in [0, 0.1) is 5.92 Å². The molecule has 14 unspecified atom stereocenters. The fourth-order valence-electron chi connectivity index (χ4n) is 16.4. The van der Waals surface area contributed by atoms with Crippen LogP contribution >= 0.6 is 46.0 Å². The first-order chi connectivity index (χ1) is 65.4. The van der Waals surface area contributed by atoms with Crippen molar-refractivity contribution in [3.05, 3.63) is 116 Å². The highest BCUT2D eigenvalue weighted by Gasteiger charge is 2.59. The summed E-state index contributed by atoms with van der Waals surface area (Å²) in [5.41, 5.74) is -0.342. The molecule has 2 saturated heterocycles. The van der Waals surface area contributed by atoms with Gasteiger partial charge in [-0.15, -0.1) is 0 Å². The Balaban J connectivity index is 1.15. The smallest absolute Gasteiger partial charge is 0.410 e. The molecule has 768 valence electrons. The number of nitrogens with two attached hydrogens (primary N) is 1. The number of carbonyl (C=O) groups excluding carboxylic acids is 9. The van der Waals surface area contributed by atoms with E-state index in [1.807, 2.05) is 5.32 Å². The second-order valence-electron chi connectivity index (χ2n) is 34.9. The van der Waals surface area contributed by atoms with Gasteiger partial charge < -0.3 is 183 Å². The van der Waals surface area contributed by atoms with Crippen LogP contribution in [0.25, 0.3) is 11.1 Å². The number of hydrogen-bond acceptors (Lipinski definition) is 34. The minimum absolute atomic E-state index is 0.148. The summed E-state index contributed by atoms with van der Waals surface area (Å²) in [6, 6.07) is -3.89. The Bertz CT molecular complexity index is 5390. The van der Waals surface area contributed by atoms with Gasteiger partial charge in [0.15, 0.2) is 29.9 Å². The molecule has 53 heteroatoms. The molecule has 48 nitrogen and oxygen atoms in total. The summed E-state index contributed by atoms with van der Waals surface area (Å²) in [5.74, 6) is -18.2. The fourth-order valence-corrected chi connectivity index (χ4v) is 19.5. The van der Waals surface area contributed by atoms with E-state index >= 15 is 24.0 Å². The van der Waals surface area contributed by atoms with E-state index < -0.39 is 338 Å². The number of likely N-dealkylation sites (N-methyl/N-ethyl adjacent to an activating group) is 1. The van der Waals surface area contributed by atoms with Gasteiger partial charge in [-0.05, 0) is 129 Å². The van der Waals surface area contributed by atoms with Crippen molar-refractivity contribution in [1.29, 1.82) is 0 Å². The van der Waals surface area contributed by atoms with E-state index in [0.29, 0.717) is 19.2 Å². The van der Waals surface area contributed by atoms with Crippen molar-refractivity contribution in [3.63, 3.8) is 0 Å². The normalized spacial score (nSPS) is 25.1. The first-order valence-corrected chi connectivity index (χ1v) is 50.3. The molecule has 0 saturated carbocycles. The SMILES string of the molecule is CCCCCCCCCCNCCN[C@]1(C)CC(OC2C(Oc3c4cc5cc3Oc3ccc(cc3Cl)[C@H](O)C(NC(=O)C(CC(C)C)NC)C(=O)NC(CC(N)=O)C(=O)NC5C(=O)NC3C(=O)NC(C(=O)N[C@@H](C(=O)OCOC(=O)NCCCC(O)(P(=O)(O)O)P(=O)(O)O)c5cc(O)c(CNCP(=O)(O)O)c(O)c5-c5cc3ccc5O)[C@H](O)c3ccc(c(Cl)c3)O4)OC(CO)C(O)C2O)OC(C)C1O. The number of aliphatic hydroxyl groups is 7. The predicted molar refractivity (Wildman–Crippen MR) is 488 cm³/mol. The number of carbonyl (C=O) groups is 9. The number of ether oxygens (including phenoxy) is 8. The van der Waals surface area contributed by atoms with Gasteiger partial charge in [0.05, 0.1) is 53.2 Å². The number of benzene rings is 5. The number of unbranched alkanes of at least 4 members (excludes halogenated alkanes) is 7. The molecule has 0 aromatic heterocycles. The molecule has 7 aliphatic heterocycles. The molecule has 7 heterocycles. The number of alkyl carbamates (subject to hydrolysis) is 1. The van der Waals surface area contributed by atoms with Crippen LogP contribution < -0.4 is 78.4 Å². The molecule has 29 N–H and O–H groups in total. The average molecular weight is 2060 g/mol. The van der Waals surface area contributed by atoms with Gasteiger partial charge in [-0.25, -0.2) is 9.59 Å². The van der Waals surface area contributed by atoms with Crippen LogP contribution in [0.2, 0.25) is 10.0 Å². The molecule has 12 rings (SSSR count). The summed E-state index contributed by atoms with van der Waals surface area (Å²) in [4.78, 5) is 193. The highest BCUT2D eigenvalue weighted by Crippen LogP contribution is 2.69. The Hall–Kier alpha value is -9.60. The maximum Gasteiger partial charge on any atom is 0.410 e. The number of primary amides is 1. The first-order valence-electron chi connectivity index (χ1n) is 44.5. The predicted octanol–water partition coefficient (Wildman–Crippen LogP) is 1.62. The fraction of sp³-hybridized carbons (Fsp3) is 0.547. The van der Waals surface area contributed by atoms with Crippen molar-refractivity contribution in [3.8, 4) is 57.1 Å². The Morgan fingerprint density at radius 2 is 1.27 bits per heavy atom. The number of hydrogen-bond donors (Lipinski definition) is 28. The zero-order valence-corrected chi connectivity index (χ0v) is 80.4. The number of esters is 1. The lowest BCUT2D eigenvalue weighted by molar-refractivity contribution is -0.334. The van der Waals surface area contributed by atoms with Crippen LogP contribution in [0.5, 0.6) is 46.0 Å². The Morgan fingerprint density at radius 3 is 1.86 bits per heavy atom. The summed E-state index contributed by atoms with van der Waals surface area (Å²) in [6.07, 6.45) is -15.3. The van der Waals surface area contributed by atoms with Gasteiger partial charge in [0, 0.05) is 61.2 Å². The highest BCUT2D eigenvalue weighted by molar-refractivity contribution is 7.72. The van der Waals surface area contributed by atoms with Crippen molar-refractivity contribution in [2.75, 3.05) is 52.9 Å². The highest BCUT2D eigenvalue weighted by atomic mass is 35.5. The third-order valence-corrected chi connectivity index (χ3v) is 29.0. The molecular formula is C86H119Cl2N12O36P3. The number of halogens is 2. The van der Waals surface area contributed by atoms with Gasteiger partial charge in [-0.1, -0.05) is 107 Å². The standard InChI is InChI=1S/C86H119Cl2N12O36P3/c1-7-8-9-10-11-12-13-14-23-91-25-26-94-85(5)35-61(131-41(4)75(85)110)135-74-72(109)71(108)59(37-101)134-83(74)136-73-57-31-45-32-58(73)133-56-21-18-44(30-50(56)88)69(106)67-81(116)98-65(82(117)129-39-130-84(118)93-24-15-22-86(119,138(123,124)125)139(126,127)128)47-33-54(103)48(36-92-38-137(120,121)122)70(107)62(47)46-28-42(16-19-53(46)102)63(78(113)100-67)97-79(114)64(45)96-77(112)52(34-60(89)104)95-80(115)66(99-76(111)51(90-6)27-40(2)3)68(105)43-17-20-55(132-57)49(87)29-43/h16-21,28-33,40-41,51-52,59,61,63-69,71-72,74-75,83,90-92,94,101-103,105-110,119H,7-15,22-27,34-39H2,1-6H3,(H2,89,104)(H,93,118)(H,95,115)(H,96,112)(H,97,114)(H,98,116)(H,99,111)(H,100,113)(H2,120,121,122)(H2,123,124,125)(H2,126,127,128)/t41?,51?,52?,59?,61?,63?,64?,65-,66?,67?,68+,69-,71?,72?,74?,75?,83?,85-/m1/s1. The number of aliphatic hydroxyl groups excluding tert-OH is 6. The largest absolute Gasteiger partial charge is 0.507 e. The number of phenols is 3. The molecule has 5 aromatic carbocycles. The number of rotatable bonds is 38. The van der Waals surface area contributed by atoms with Crippen molar-refractivity contribution in [2.24, 2.45) is 11.7 Å².